The van der Waals surface area contributed by atoms with Gasteiger partial charge in [0.15, 0.2) is 0 Å². The standard InChI is InChI=1S/C13H20N6/c1-8(2)12-11(14)13(19(4)18-12)16-7-10-5-6-15-9(3)17-10/h5-6,8,16H,7,14H2,1-4H3. The predicted octanol–water partition coefficient (Wildman–Crippen LogP) is 1.84. The second kappa shape index (κ2) is 5.26. The lowest BCUT2D eigenvalue weighted by atomic mass is 10.1. The molecule has 0 spiro atoms. The van der Waals surface area contributed by atoms with Gasteiger partial charge in [-0.1, -0.05) is 13.8 Å². The van der Waals surface area contributed by atoms with Crippen molar-refractivity contribution in [1.82, 2.24) is 19.7 Å². The van der Waals surface area contributed by atoms with Crippen molar-refractivity contribution >= 4 is 11.5 Å². The molecule has 0 atom stereocenters. The molecule has 0 aliphatic rings. The maximum absolute atomic E-state index is 6.12. The molecule has 2 rings (SSSR count). The highest BCUT2D eigenvalue weighted by atomic mass is 15.3. The Bertz CT molecular complexity index is 573. The highest BCUT2D eigenvalue weighted by Crippen LogP contribution is 2.27. The van der Waals surface area contributed by atoms with Gasteiger partial charge in [-0.25, -0.2) is 9.97 Å². The van der Waals surface area contributed by atoms with Crippen LogP contribution in [0.5, 0.6) is 0 Å². The summed E-state index contributed by atoms with van der Waals surface area (Å²) >= 11 is 0. The number of nitrogen functional groups attached to an aromatic ring is 1. The first-order valence-electron chi connectivity index (χ1n) is 6.33. The van der Waals surface area contributed by atoms with Crippen molar-refractivity contribution in [3.05, 3.63) is 29.5 Å². The van der Waals surface area contributed by atoms with E-state index < -0.39 is 0 Å². The third-order valence-corrected chi connectivity index (χ3v) is 2.93. The van der Waals surface area contributed by atoms with Crippen LogP contribution in [-0.4, -0.2) is 19.7 Å². The Morgan fingerprint density at radius 2 is 2.16 bits per heavy atom. The minimum atomic E-state index is 0.308. The smallest absolute Gasteiger partial charge is 0.148 e. The van der Waals surface area contributed by atoms with Crippen LogP contribution in [0.2, 0.25) is 0 Å². The number of nitrogens with one attached hydrogen (secondary N) is 1. The molecule has 0 aliphatic carbocycles. The van der Waals surface area contributed by atoms with Gasteiger partial charge in [-0.3, -0.25) is 4.68 Å². The van der Waals surface area contributed by atoms with E-state index in [1.165, 1.54) is 0 Å². The number of anilines is 2. The van der Waals surface area contributed by atoms with E-state index in [0.29, 0.717) is 18.2 Å². The number of nitrogens with two attached hydrogens (primary N) is 1. The summed E-state index contributed by atoms with van der Waals surface area (Å²) in [5.41, 5.74) is 8.68. The fourth-order valence-electron chi connectivity index (χ4n) is 1.98. The first-order chi connectivity index (χ1) is 8.99. The van der Waals surface area contributed by atoms with E-state index in [1.54, 1.807) is 10.9 Å². The number of rotatable bonds is 4. The van der Waals surface area contributed by atoms with Gasteiger partial charge in [0.25, 0.3) is 0 Å². The first kappa shape index (κ1) is 13.3. The number of hydrogen-bond acceptors (Lipinski definition) is 5. The lowest BCUT2D eigenvalue weighted by Gasteiger charge is -2.07. The van der Waals surface area contributed by atoms with Gasteiger partial charge < -0.3 is 11.1 Å². The van der Waals surface area contributed by atoms with E-state index in [0.717, 1.165) is 23.0 Å². The zero-order chi connectivity index (χ0) is 14.0. The molecule has 0 aromatic carbocycles. The molecule has 0 unspecified atom stereocenters. The van der Waals surface area contributed by atoms with Crippen LogP contribution < -0.4 is 11.1 Å². The van der Waals surface area contributed by atoms with Gasteiger partial charge in [-0.2, -0.15) is 5.10 Å². The maximum Gasteiger partial charge on any atom is 0.148 e. The van der Waals surface area contributed by atoms with Crippen LogP contribution in [0.4, 0.5) is 11.5 Å². The summed E-state index contributed by atoms with van der Waals surface area (Å²) in [6.45, 7) is 6.63. The molecule has 102 valence electrons. The molecule has 0 saturated carbocycles. The van der Waals surface area contributed by atoms with Gasteiger partial charge in [0.2, 0.25) is 0 Å². The number of nitrogens with zero attached hydrogens (tertiary/aromatic N) is 4. The van der Waals surface area contributed by atoms with Gasteiger partial charge in [0.1, 0.15) is 11.6 Å². The van der Waals surface area contributed by atoms with Crippen LogP contribution in [0, 0.1) is 6.92 Å². The Balaban J connectivity index is 2.16. The monoisotopic (exact) mass is 260 g/mol. The third-order valence-electron chi connectivity index (χ3n) is 2.93. The van der Waals surface area contributed by atoms with Crippen molar-refractivity contribution in [1.29, 1.82) is 0 Å². The normalized spacial score (nSPS) is 11.0. The molecular weight excluding hydrogens is 240 g/mol. The minimum Gasteiger partial charge on any atom is -0.394 e. The van der Waals surface area contributed by atoms with E-state index >= 15 is 0 Å². The highest BCUT2D eigenvalue weighted by molar-refractivity contribution is 5.65. The predicted molar refractivity (Wildman–Crippen MR) is 75.8 cm³/mol. The van der Waals surface area contributed by atoms with Crippen LogP contribution >= 0.6 is 0 Å². The molecule has 6 heteroatoms. The summed E-state index contributed by atoms with van der Waals surface area (Å²) in [5.74, 6) is 1.91. The Hall–Kier alpha value is -2.11. The summed E-state index contributed by atoms with van der Waals surface area (Å²) in [6, 6.07) is 1.88. The van der Waals surface area contributed by atoms with Crippen molar-refractivity contribution in [2.75, 3.05) is 11.1 Å². The highest BCUT2D eigenvalue weighted by Gasteiger charge is 2.15. The number of hydrogen-bond donors (Lipinski definition) is 2. The average molecular weight is 260 g/mol. The molecule has 0 aliphatic heterocycles. The second-order valence-electron chi connectivity index (χ2n) is 4.87. The Morgan fingerprint density at radius 1 is 1.42 bits per heavy atom. The molecule has 0 radical (unpaired) electrons. The van der Waals surface area contributed by atoms with Crippen LogP contribution in [0.1, 0.15) is 37.0 Å². The summed E-state index contributed by atoms with van der Waals surface area (Å²) in [4.78, 5) is 8.42. The number of aryl methyl sites for hydroxylation is 2. The van der Waals surface area contributed by atoms with E-state index in [1.807, 2.05) is 20.0 Å². The number of aromatic nitrogens is 4. The van der Waals surface area contributed by atoms with E-state index in [-0.39, 0.29) is 0 Å². The van der Waals surface area contributed by atoms with Crippen molar-refractivity contribution in [3.8, 4) is 0 Å². The summed E-state index contributed by atoms with van der Waals surface area (Å²) in [7, 11) is 1.88. The molecule has 6 nitrogen and oxygen atoms in total. The van der Waals surface area contributed by atoms with Crippen LogP contribution in [0.15, 0.2) is 12.3 Å². The van der Waals surface area contributed by atoms with Crippen molar-refractivity contribution in [3.63, 3.8) is 0 Å². The Labute approximate surface area is 113 Å². The van der Waals surface area contributed by atoms with Gasteiger partial charge >= 0.3 is 0 Å². The summed E-state index contributed by atoms with van der Waals surface area (Å²) in [6.07, 6.45) is 1.76. The lowest BCUT2D eigenvalue weighted by molar-refractivity contribution is 0.714. The topological polar surface area (TPSA) is 81.6 Å². The maximum atomic E-state index is 6.12. The fraction of sp³-hybridized carbons (Fsp3) is 0.462. The van der Waals surface area contributed by atoms with Crippen molar-refractivity contribution < 1.29 is 0 Å². The zero-order valence-electron chi connectivity index (χ0n) is 11.8. The molecular formula is C13H20N6. The van der Waals surface area contributed by atoms with Crippen molar-refractivity contribution in [2.45, 2.75) is 33.2 Å². The van der Waals surface area contributed by atoms with Crippen LogP contribution in [0.25, 0.3) is 0 Å². The van der Waals surface area contributed by atoms with Crippen molar-refractivity contribution in [2.24, 2.45) is 7.05 Å². The van der Waals surface area contributed by atoms with E-state index in [9.17, 15) is 0 Å². The summed E-state index contributed by atoms with van der Waals surface area (Å²) < 4.78 is 1.78. The SMILES string of the molecule is Cc1nccc(CNc2c(N)c(C(C)C)nn2C)n1. The summed E-state index contributed by atoms with van der Waals surface area (Å²) in [5, 5.41) is 7.72. The molecule has 19 heavy (non-hydrogen) atoms. The van der Waals surface area contributed by atoms with Gasteiger partial charge in [0, 0.05) is 13.2 Å². The molecule has 0 fully saturated rings. The third kappa shape index (κ3) is 2.83. The van der Waals surface area contributed by atoms with Gasteiger partial charge in [-0.05, 0) is 18.9 Å². The molecule has 0 amide bonds. The van der Waals surface area contributed by atoms with Gasteiger partial charge in [0.05, 0.1) is 23.6 Å². The minimum absolute atomic E-state index is 0.308. The van der Waals surface area contributed by atoms with Gasteiger partial charge in [-0.15, -0.1) is 0 Å². The lowest BCUT2D eigenvalue weighted by Crippen LogP contribution is -2.08. The molecule has 3 N–H and O–H groups in total. The molecule has 0 bridgehead atoms. The quantitative estimate of drug-likeness (QED) is 0.876. The van der Waals surface area contributed by atoms with E-state index in [4.69, 9.17) is 5.73 Å². The average Bonchev–Trinajstić information content (AvgIpc) is 2.63. The van der Waals surface area contributed by atoms with Crippen LogP contribution in [-0.2, 0) is 13.6 Å². The first-order valence-corrected chi connectivity index (χ1v) is 6.33. The van der Waals surface area contributed by atoms with Crippen LogP contribution in [0.3, 0.4) is 0 Å². The van der Waals surface area contributed by atoms with E-state index in [2.05, 4.69) is 34.2 Å². The molecule has 2 heterocycles. The molecule has 0 saturated heterocycles. The Kier molecular flexibility index (Phi) is 3.69. The zero-order valence-corrected chi connectivity index (χ0v) is 11.8. The Morgan fingerprint density at radius 3 is 2.74 bits per heavy atom. The largest absolute Gasteiger partial charge is 0.394 e. The fourth-order valence-corrected chi connectivity index (χ4v) is 1.98. The second-order valence-corrected chi connectivity index (χ2v) is 4.87. The molecule has 2 aromatic rings. The molecule has 2 aromatic heterocycles.